The maximum atomic E-state index is 11.5. The highest BCUT2D eigenvalue weighted by molar-refractivity contribution is 5.89. The van der Waals surface area contributed by atoms with Gasteiger partial charge in [0.25, 0.3) is 0 Å². The lowest BCUT2D eigenvalue weighted by atomic mass is 10.1. The van der Waals surface area contributed by atoms with Crippen LogP contribution in [0.15, 0.2) is 39.5 Å². The van der Waals surface area contributed by atoms with Gasteiger partial charge in [0, 0.05) is 17.5 Å². The summed E-state index contributed by atoms with van der Waals surface area (Å²) in [5, 5.41) is 7.76. The van der Waals surface area contributed by atoms with Gasteiger partial charge in [0.05, 0.1) is 5.69 Å². The Labute approximate surface area is 117 Å². The Kier molecular flexibility index (Phi) is 4.45. The Bertz CT molecular complexity index is 606. The number of nitrogens with one attached hydrogen (secondary N) is 2. The first kappa shape index (κ1) is 13.9. The van der Waals surface area contributed by atoms with Crippen molar-refractivity contribution < 1.29 is 4.42 Å². The Hall–Kier alpha value is -1.52. The molecule has 1 fully saturated rings. The predicted molar refractivity (Wildman–Crippen MR) is 79.2 cm³/mol. The second-order valence-corrected chi connectivity index (χ2v) is 4.64. The second-order valence-electron chi connectivity index (χ2n) is 4.64. The highest BCUT2D eigenvalue weighted by Gasteiger charge is 2.14. The van der Waals surface area contributed by atoms with Crippen molar-refractivity contribution in [2.45, 2.75) is 18.9 Å². The molecule has 19 heavy (non-hydrogen) atoms. The molecule has 0 amide bonds. The monoisotopic (exact) mass is 280 g/mol. The Morgan fingerprint density at radius 1 is 1.21 bits per heavy atom. The number of hydrogen-bond donors (Lipinski definition) is 2. The molecule has 1 aliphatic rings. The first-order valence-electron chi connectivity index (χ1n) is 6.33. The minimum absolute atomic E-state index is 0. The average molecular weight is 281 g/mol. The molecular weight excluding hydrogens is 264 g/mol. The maximum Gasteiger partial charge on any atom is 0.338 e. The van der Waals surface area contributed by atoms with Gasteiger partial charge in [-0.15, -0.1) is 12.4 Å². The molecule has 0 bridgehead atoms. The van der Waals surface area contributed by atoms with Crippen LogP contribution in [0.2, 0.25) is 0 Å². The number of benzene rings is 1. The van der Waals surface area contributed by atoms with Crippen molar-refractivity contribution in [2.24, 2.45) is 0 Å². The van der Waals surface area contributed by atoms with Crippen LogP contribution in [-0.2, 0) is 0 Å². The molecule has 0 spiro atoms. The molecule has 5 heteroatoms. The SMILES string of the molecule is Cl.O=c1cc(NC2CCNCC2)c2ccccc2o1. The fraction of sp³-hybridized carbons (Fsp3) is 0.357. The van der Waals surface area contributed by atoms with E-state index in [1.165, 1.54) is 0 Å². The molecule has 0 aliphatic carbocycles. The van der Waals surface area contributed by atoms with Gasteiger partial charge in [0.15, 0.2) is 0 Å². The molecule has 2 N–H and O–H groups in total. The molecule has 1 aromatic carbocycles. The average Bonchev–Trinajstić information content (AvgIpc) is 2.40. The van der Waals surface area contributed by atoms with E-state index in [9.17, 15) is 4.79 Å². The van der Waals surface area contributed by atoms with Crippen LogP contribution >= 0.6 is 12.4 Å². The number of halogens is 1. The standard InChI is InChI=1S/C14H16N2O2.ClH/c17-14-9-12(16-10-5-7-15-8-6-10)11-3-1-2-4-13(11)18-14;/h1-4,9-10,15-16H,5-8H2;1H. The van der Waals surface area contributed by atoms with Crippen molar-refractivity contribution in [2.75, 3.05) is 18.4 Å². The molecule has 2 aromatic rings. The lowest BCUT2D eigenvalue weighted by Crippen LogP contribution is -2.35. The van der Waals surface area contributed by atoms with Gasteiger partial charge in [0.2, 0.25) is 0 Å². The number of para-hydroxylation sites is 1. The van der Waals surface area contributed by atoms with E-state index in [4.69, 9.17) is 4.42 Å². The van der Waals surface area contributed by atoms with Crippen molar-refractivity contribution in [1.29, 1.82) is 0 Å². The van der Waals surface area contributed by atoms with Crippen LogP contribution in [-0.4, -0.2) is 19.1 Å². The molecule has 1 aliphatic heterocycles. The molecule has 3 rings (SSSR count). The van der Waals surface area contributed by atoms with Crippen LogP contribution in [0.5, 0.6) is 0 Å². The van der Waals surface area contributed by atoms with Gasteiger partial charge in [0.1, 0.15) is 5.58 Å². The molecule has 1 aromatic heterocycles. The number of fused-ring (bicyclic) bond motifs is 1. The van der Waals surface area contributed by atoms with Crippen LogP contribution in [0.3, 0.4) is 0 Å². The van der Waals surface area contributed by atoms with Gasteiger partial charge < -0.3 is 15.1 Å². The van der Waals surface area contributed by atoms with E-state index in [1.54, 1.807) is 6.07 Å². The highest BCUT2D eigenvalue weighted by Crippen LogP contribution is 2.23. The van der Waals surface area contributed by atoms with E-state index < -0.39 is 0 Å². The summed E-state index contributed by atoms with van der Waals surface area (Å²) in [5.74, 6) is 0. The van der Waals surface area contributed by atoms with Gasteiger partial charge in [-0.3, -0.25) is 0 Å². The van der Waals surface area contributed by atoms with E-state index >= 15 is 0 Å². The van der Waals surface area contributed by atoms with Gasteiger partial charge >= 0.3 is 5.63 Å². The largest absolute Gasteiger partial charge is 0.423 e. The van der Waals surface area contributed by atoms with Crippen molar-refractivity contribution in [3.05, 3.63) is 40.8 Å². The summed E-state index contributed by atoms with van der Waals surface area (Å²) in [6.07, 6.45) is 2.16. The third-order valence-corrected chi connectivity index (χ3v) is 3.35. The van der Waals surface area contributed by atoms with Crippen LogP contribution in [0.1, 0.15) is 12.8 Å². The molecule has 1 saturated heterocycles. The third-order valence-electron chi connectivity index (χ3n) is 3.35. The molecule has 2 heterocycles. The molecule has 0 atom stereocenters. The fourth-order valence-electron chi connectivity index (χ4n) is 2.42. The van der Waals surface area contributed by atoms with Crippen molar-refractivity contribution in [1.82, 2.24) is 5.32 Å². The van der Waals surface area contributed by atoms with E-state index in [1.807, 2.05) is 24.3 Å². The topological polar surface area (TPSA) is 54.3 Å². The van der Waals surface area contributed by atoms with Crippen LogP contribution in [0.25, 0.3) is 11.0 Å². The summed E-state index contributed by atoms with van der Waals surface area (Å²) in [7, 11) is 0. The Balaban J connectivity index is 0.00000133. The van der Waals surface area contributed by atoms with E-state index in [0.717, 1.165) is 37.0 Å². The number of anilines is 1. The fourth-order valence-corrected chi connectivity index (χ4v) is 2.42. The summed E-state index contributed by atoms with van der Waals surface area (Å²) in [5.41, 5.74) is 1.22. The van der Waals surface area contributed by atoms with Gasteiger partial charge in [-0.25, -0.2) is 4.79 Å². The number of hydrogen-bond acceptors (Lipinski definition) is 4. The summed E-state index contributed by atoms with van der Waals surface area (Å²) in [4.78, 5) is 11.5. The first-order chi connectivity index (χ1) is 8.83. The Morgan fingerprint density at radius 3 is 2.74 bits per heavy atom. The molecule has 0 unspecified atom stereocenters. The summed E-state index contributed by atoms with van der Waals surface area (Å²) < 4.78 is 5.18. The van der Waals surface area contributed by atoms with Crippen molar-refractivity contribution >= 4 is 29.1 Å². The highest BCUT2D eigenvalue weighted by atomic mass is 35.5. The third kappa shape index (κ3) is 3.08. The van der Waals surface area contributed by atoms with Gasteiger partial charge in [-0.05, 0) is 38.1 Å². The zero-order chi connectivity index (χ0) is 12.4. The van der Waals surface area contributed by atoms with Gasteiger partial charge in [-0.2, -0.15) is 0 Å². The molecule has 4 nitrogen and oxygen atoms in total. The lowest BCUT2D eigenvalue weighted by molar-refractivity contribution is 0.479. The first-order valence-corrected chi connectivity index (χ1v) is 6.33. The minimum atomic E-state index is -0.301. The summed E-state index contributed by atoms with van der Waals surface area (Å²) in [6.45, 7) is 2.05. The van der Waals surface area contributed by atoms with Gasteiger partial charge in [-0.1, -0.05) is 12.1 Å². The normalized spacial score (nSPS) is 16.0. The maximum absolute atomic E-state index is 11.5. The molecule has 102 valence electrons. The molecule has 0 saturated carbocycles. The van der Waals surface area contributed by atoms with E-state index in [-0.39, 0.29) is 18.0 Å². The van der Waals surface area contributed by atoms with E-state index in [2.05, 4.69) is 10.6 Å². The summed E-state index contributed by atoms with van der Waals surface area (Å²) >= 11 is 0. The van der Waals surface area contributed by atoms with E-state index in [0.29, 0.717) is 11.6 Å². The second kappa shape index (κ2) is 6.08. The summed E-state index contributed by atoms with van der Waals surface area (Å²) in [6, 6.07) is 9.60. The quantitative estimate of drug-likeness (QED) is 0.830. The lowest BCUT2D eigenvalue weighted by Gasteiger charge is -2.25. The van der Waals surface area contributed by atoms with Crippen molar-refractivity contribution in [3.63, 3.8) is 0 Å². The van der Waals surface area contributed by atoms with Crippen LogP contribution in [0.4, 0.5) is 5.69 Å². The number of rotatable bonds is 2. The minimum Gasteiger partial charge on any atom is -0.423 e. The zero-order valence-corrected chi connectivity index (χ0v) is 11.3. The van der Waals surface area contributed by atoms with Crippen LogP contribution < -0.4 is 16.3 Å². The van der Waals surface area contributed by atoms with Crippen molar-refractivity contribution in [3.8, 4) is 0 Å². The Morgan fingerprint density at radius 2 is 1.95 bits per heavy atom. The zero-order valence-electron chi connectivity index (χ0n) is 10.5. The smallest absolute Gasteiger partial charge is 0.338 e. The molecule has 0 radical (unpaired) electrons. The number of piperidine rings is 1. The van der Waals surface area contributed by atoms with Crippen LogP contribution in [0, 0.1) is 0 Å². The predicted octanol–water partition coefficient (Wildman–Crippen LogP) is 2.38. The molecular formula is C14H17ClN2O2.